The van der Waals surface area contributed by atoms with Crippen molar-refractivity contribution in [3.8, 4) is 0 Å². The van der Waals surface area contributed by atoms with Gasteiger partial charge >= 0.3 is 0 Å². The van der Waals surface area contributed by atoms with E-state index in [2.05, 4.69) is 64.6 Å². The van der Waals surface area contributed by atoms with Gasteiger partial charge in [-0.25, -0.2) is 0 Å². The van der Waals surface area contributed by atoms with Crippen molar-refractivity contribution < 1.29 is 0 Å². The molecule has 0 aliphatic heterocycles. The van der Waals surface area contributed by atoms with E-state index in [0.717, 1.165) is 6.54 Å². The van der Waals surface area contributed by atoms with Gasteiger partial charge < -0.3 is 5.32 Å². The number of rotatable bonds is 4. The summed E-state index contributed by atoms with van der Waals surface area (Å²) in [5.74, 6) is 0.704. The quantitative estimate of drug-likeness (QED) is 0.821. The molecule has 0 saturated heterocycles. The highest BCUT2D eigenvalue weighted by molar-refractivity contribution is 9.11. The van der Waals surface area contributed by atoms with Gasteiger partial charge in [-0.05, 0) is 70.9 Å². The van der Waals surface area contributed by atoms with Gasteiger partial charge in [0, 0.05) is 10.9 Å². The van der Waals surface area contributed by atoms with Crippen LogP contribution in [0.4, 0.5) is 0 Å². The number of nitrogens with one attached hydrogen (secondary N) is 1. The molecule has 1 nitrogen and oxygen atoms in total. The average molecular weight is 350 g/mol. The van der Waals surface area contributed by atoms with Crippen LogP contribution < -0.4 is 5.32 Å². The molecule has 2 atom stereocenters. The highest BCUT2D eigenvalue weighted by Crippen LogP contribution is 2.37. The lowest BCUT2D eigenvalue weighted by Gasteiger charge is -2.34. The Labute approximate surface area is 133 Å². The van der Waals surface area contributed by atoms with E-state index < -0.39 is 0 Å². The summed E-state index contributed by atoms with van der Waals surface area (Å²) in [6.07, 6.45) is 3.68. The van der Waals surface area contributed by atoms with E-state index in [1.807, 2.05) is 11.3 Å². The Bertz CT molecular complexity index is 578. The topological polar surface area (TPSA) is 12.0 Å². The first-order chi connectivity index (χ1) is 9.78. The first-order valence-electron chi connectivity index (χ1n) is 7.33. The summed E-state index contributed by atoms with van der Waals surface area (Å²) < 4.78 is 1.24. The lowest BCUT2D eigenvalue weighted by molar-refractivity contribution is 0.325. The van der Waals surface area contributed by atoms with Crippen molar-refractivity contribution in [2.45, 2.75) is 32.2 Å². The molecule has 1 aromatic carbocycles. The van der Waals surface area contributed by atoms with E-state index >= 15 is 0 Å². The van der Waals surface area contributed by atoms with Gasteiger partial charge in [0.25, 0.3) is 0 Å². The van der Waals surface area contributed by atoms with Gasteiger partial charge in [-0.3, -0.25) is 0 Å². The lowest BCUT2D eigenvalue weighted by atomic mass is 9.78. The van der Waals surface area contributed by atoms with Crippen molar-refractivity contribution in [2.24, 2.45) is 5.92 Å². The molecule has 20 heavy (non-hydrogen) atoms. The standard InChI is InChI=1S/C17H20BrNS/c1-2-19-17-13(11-14-9-10-16(18)20-14)8-7-12-5-3-4-6-15(12)17/h3-6,9-10,13,17,19H,2,7-8,11H2,1H3. The molecule has 3 rings (SSSR count). The van der Waals surface area contributed by atoms with Crippen LogP contribution >= 0.6 is 27.3 Å². The normalized spacial score (nSPS) is 21.7. The Hall–Kier alpha value is -0.640. The maximum absolute atomic E-state index is 3.71. The van der Waals surface area contributed by atoms with Gasteiger partial charge in [-0.1, -0.05) is 31.2 Å². The zero-order valence-electron chi connectivity index (χ0n) is 11.7. The number of benzene rings is 1. The number of thiophene rings is 1. The predicted octanol–water partition coefficient (Wildman–Crippen LogP) is 4.97. The van der Waals surface area contributed by atoms with Gasteiger partial charge in [0.15, 0.2) is 0 Å². The molecule has 106 valence electrons. The number of hydrogen-bond donors (Lipinski definition) is 1. The Kier molecular flexibility index (Phi) is 4.59. The van der Waals surface area contributed by atoms with Crippen LogP contribution in [0, 0.1) is 5.92 Å². The maximum Gasteiger partial charge on any atom is 0.0701 e. The molecule has 1 heterocycles. The highest BCUT2D eigenvalue weighted by Gasteiger charge is 2.28. The van der Waals surface area contributed by atoms with Gasteiger partial charge in [0.05, 0.1) is 3.79 Å². The number of hydrogen-bond acceptors (Lipinski definition) is 2. The minimum atomic E-state index is 0.505. The fourth-order valence-electron chi connectivity index (χ4n) is 3.26. The second kappa shape index (κ2) is 6.42. The molecule has 2 unspecified atom stereocenters. The van der Waals surface area contributed by atoms with Gasteiger partial charge in [0.2, 0.25) is 0 Å². The third-order valence-electron chi connectivity index (χ3n) is 4.16. The van der Waals surface area contributed by atoms with E-state index in [9.17, 15) is 0 Å². The lowest BCUT2D eigenvalue weighted by Crippen LogP contribution is -2.33. The van der Waals surface area contributed by atoms with Gasteiger partial charge in [-0.15, -0.1) is 11.3 Å². The number of fused-ring (bicyclic) bond motifs is 1. The molecule has 1 N–H and O–H groups in total. The Morgan fingerprint density at radius 3 is 2.85 bits per heavy atom. The number of halogens is 1. The molecule has 0 radical (unpaired) electrons. The minimum absolute atomic E-state index is 0.505. The van der Waals surface area contributed by atoms with Crippen molar-refractivity contribution in [2.75, 3.05) is 6.54 Å². The molecule has 0 amide bonds. The fourth-order valence-corrected chi connectivity index (χ4v) is 4.84. The smallest absolute Gasteiger partial charge is 0.0701 e. The van der Waals surface area contributed by atoms with Crippen LogP contribution in [0.2, 0.25) is 0 Å². The summed E-state index contributed by atoms with van der Waals surface area (Å²) in [6.45, 7) is 3.24. The highest BCUT2D eigenvalue weighted by atomic mass is 79.9. The molecule has 0 bridgehead atoms. The SMILES string of the molecule is CCNC1c2ccccc2CCC1Cc1ccc(Br)s1. The van der Waals surface area contributed by atoms with Crippen LogP contribution in [0.15, 0.2) is 40.2 Å². The first-order valence-corrected chi connectivity index (χ1v) is 8.94. The van der Waals surface area contributed by atoms with Crippen molar-refractivity contribution in [1.82, 2.24) is 5.32 Å². The number of aryl methyl sites for hydroxylation is 1. The van der Waals surface area contributed by atoms with E-state index in [1.165, 1.54) is 39.1 Å². The van der Waals surface area contributed by atoms with Crippen LogP contribution in [-0.4, -0.2) is 6.54 Å². The van der Waals surface area contributed by atoms with Crippen LogP contribution in [-0.2, 0) is 12.8 Å². The van der Waals surface area contributed by atoms with E-state index in [-0.39, 0.29) is 0 Å². The summed E-state index contributed by atoms with van der Waals surface area (Å²) in [7, 11) is 0. The molecule has 2 aromatic rings. The monoisotopic (exact) mass is 349 g/mol. The fraction of sp³-hybridized carbons (Fsp3) is 0.412. The van der Waals surface area contributed by atoms with Gasteiger partial charge in [-0.2, -0.15) is 0 Å². The third kappa shape index (κ3) is 3.00. The van der Waals surface area contributed by atoms with Crippen molar-refractivity contribution in [3.63, 3.8) is 0 Å². The van der Waals surface area contributed by atoms with Crippen molar-refractivity contribution in [1.29, 1.82) is 0 Å². The van der Waals surface area contributed by atoms with Crippen LogP contribution in [0.1, 0.15) is 35.4 Å². The molecule has 0 spiro atoms. The van der Waals surface area contributed by atoms with E-state index in [1.54, 1.807) is 0 Å². The van der Waals surface area contributed by atoms with Crippen LogP contribution in [0.5, 0.6) is 0 Å². The Morgan fingerprint density at radius 1 is 1.25 bits per heavy atom. The Morgan fingerprint density at radius 2 is 2.10 bits per heavy atom. The molecule has 1 aliphatic rings. The van der Waals surface area contributed by atoms with Crippen LogP contribution in [0.25, 0.3) is 0 Å². The molecule has 3 heteroatoms. The molecule has 1 aromatic heterocycles. The molecule has 1 aliphatic carbocycles. The van der Waals surface area contributed by atoms with E-state index in [4.69, 9.17) is 0 Å². The van der Waals surface area contributed by atoms with Crippen molar-refractivity contribution in [3.05, 3.63) is 56.2 Å². The average Bonchev–Trinajstić information content (AvgIpc) is 2.87. The largest absolute Gasteiger partial charge is 0.310 e. The first kappa shape index (κ1) is 14.3. The zero-order valence-corrected chi connectivity index (χ0v) is 14.1. The molecular weight excluding hydrogens is 330 g/mol. The minimum Gasteiger partial charge on any atom is -0.310 e. The molecular formula is C17H20BrNS. The second-order valence-electron chi connectivity index (χ2n) is 5.44. The zero-order chi connectivity index (χ0) is 13.9. The summed E-state index contributed by atoms with van der Waals surface area (Å²) in [6, 6.07) is 13.9. The Balaban J connectivity index is 1.84. The molecule has 0 fully saturated rings. The summed E-state index contributed by atoms with van der Waals surface area (Å²) in [5, 5.41) is 3.71. The van der Waals surface area contributed by atoms with Crippen molar-refractivity contribution >= 4 is 27.3 Å². The second-order valence-corrected chi connectivity index (χ2v) is 7.99. The van der Waals surface area contributed by atoms with E-state index in [0.29, 0.717) is 12.0 Å². The van der Waals surface area contributed by atoms with Gasteiger partial charge in [0.1, 0.15) is 0 Å². The maximum atomic E-state index is 3.71. The third-order valence-corrected chi connectivity index (χ3v) is 5.81. The predicted molar refractivity (Wildman–Crippen MR) is 90.4 cm³/mol. The summed E-state index contributed by atoms with van der Waals surface area (Å²) >= 11 is 5.44. The summed E-state index contributed by atoms with van der Waals surface area (Å²) in [4.78, 5) is 1.49. The summed E-state index contributed by atoms with van der Waals surface area (Å²) in [5.41, 5.74) is 3.04. The van der Waals surface area contributed by atoms with Crippen LogP contribution in [0.3, 0.4) is 0 Å². The molecule has 0 saturated carbocycles.